The molecule has 7 heteroatoms. The van der Waals surface area contributed by atoms with E-state index in [0.717, 1.165) is 42.6 Å². The van der Waals surface area contributed by atoms with Crippen molar-refractivity contribution in [2.75, 3.05) is 26.7 Å². The minimum Gasteiger partial charge on any atom is -0.339 e. The maximum atomic E-state index is 5.36. The van der Waals surface area contributed by atoms with Gasteiger partial charge in [0.25, 0.3) is 0 Å². The molecule has 0 amide bonds. The molecule has 1 atom stereocenters. The van der Waals surface area contributed by atoms with Gasteiger partial charge in [-0.05, 0) is 13.5 Å². The lowest BCUT2D eigenvalue weighted by Gasteiger charge is -2.30. The van der Waals surface area contributed by atoms with E-state index >= 15 is 0 Å². The lowest BCUT2D eigenvalue weighted by Crippen LogP contribution is -2.44. The summed E-state index contributed by atoms with van der Waals surface area (Å²) in [6.07, 6.45) is 1.59. The van der Waals surface area contributed by atoms with Crippen molar-refractivity contribution in [1.29, 1.82) is 0 Å². The summed E-state index contributed by atoms with van der Waals surface area (Å²) in [6.45, 7) is 4.99. The molecule has 0 aliphatic carbocycles. The Hall–Kier alpha value is -1.31. The molecule has 1 fully saturated rings. The van der Waals surface area contributed by atoms with Crippen molar-refractivity contribution in [2.45, 2.75) is 25.8 Å². The van der Waals surface area contributed by atoms with E-state index in [2.05, 4.69) is 44.7 Å². The molecule has 0 spiro atoms. The van der Waals surface area contributed by atoms with E-state index in [9.17, 15) is 0 Å². The van der Waals surface area contributed by atoms with Gasteiger partial charge in [0.15, 0.2) is 5.82 Å². The standard InChI is InChI=1S/C13H19N5OS/c1-3-12-15-9(8-20-12)6-11-16-13(17-19-11)10-7-14-4-5-18(10)2/h8,10,14H,3-7H2,1-2H3. The Balaban J connectivity index is 1.69. The van der Waals surface area contributed by atoms with Crippen LogP contribution in [-0.2, 0) is 12.8 Å². The number of rotatable bonds is 4. The van der Waals surface area contributed by atoms with Crippen LogP contribution in [0.3, 0.4) is 0 Å². The van der Waals surface area contributed by atoms with Gasteiger partial charge < -0.3 is 9.84 Å². The second kappa shape index (κ2) is 5.99. The fourth-order valence-electron chi connectivity index (χ4n) is 2.32. The van der Waals surface area contributed by atoms with Gasteiger partial charge in [0.2, 0.25) is 5.89 Å². The highest BCUT2D eigenvalue weighted by molar-refractivity contribution is 7.09. The predicted octanol–water partition coefficient (Wildman–Crippen LogP) is 1.26. The topological polar surface area (TPSA) is 67.1 Å². The highest BCUT2D eigenvalue weighted by Gasteiger charge is 2.25. The Bertz CT molecular complexity index is 567. The van der Waals surface area contributed by atoms with Crippen LogP contribution in [0.15, 0.2) is 9.90 Å². The lowest BCUT2D eigenvalue weighted by molar-refractivity contribution is 0.190. The zero-order valence-corrected chi connectivity index (χ0v) is 12.6. The van der Waals surface area contributed by atoms with Gasteiger partial charge in [-0.15, -0.1) is 11.3 Å². The molecule has 0 bridgehead atoms. The number of aryl methyl sites for hydroxylation is 1. The van der Waals surface area contributed by atoms with Gasteiger partial charge >= 0.3 is 0 Å². The lowest BCUT2D eigenvalue weighted by atomic mass is 10.2. The molecule has 1 aliphatic heterocycles. The molecule has 1 aliphatic rings. The zero-order valence-electron chi connectivity index (χ0n) is 11.8. The minimum absolute atomic E-state index is 0.197. The van der Waals surface area contributed by atoms with Gasteiger partial charge in [0.05, 0.1) is 23.2 Å². The van der Waals surface area contributed by atoms with Gasteiger partial charge in [-0.25, -0.2) is 4.98 Å². The molecular weight excluding hydrogens is 274 g/mol. The SMILES string of the molecule is CCc1nc(Cc2nc(C3CNCCN3C)no2)cs1. The van der Waals surface area contributed by atoms with Crippen molar-refractivity contribution in [3.63, 3.8) is 0 Å². The molecular formula is C13H19N5OS. The Morgan fingerprint density at radius 3 is 3.15 bits per heavy atom. The summed E-state index contributed by atoms with van der Waals surface area (Å²) >= 11 is 1.68. The first-order chi connectivity index (χ1) is 9.76. The second-order valence-electron chi connectivity index (χ2n) is 5.01. The summed E-state index contributed by atoms with van der Waals surface area (Å²) < 4.78 is 5.36. The van der Waals surface area contributed by atoms with Gasteiger partial charge in [-0.1, -0.05) is 12.1 Å². The van der Waals surface area contributed by atoms with Crippen LogP contribution in [0.1, 0.15) is 35.4 Å². The normalized spacial score (nSPS) is 20.4. The van der Waals surface area contributed by atoms with Gasteiger partial charge in [0, 0.05) is 25.0 Å². The number of nitrogens with one attached hydrogen (secondary N) is 1. The van der Waals surface area contributed by atoms with Crippen LogP contribution >= 0.6 is 11.3 Å². The molecule has 3 heterocycles. The molecule has 1 saturated heterocycles. The van der Waals surface area contributed by atoms with Crippen LogP contribution in [0.4, 0.5) is 0 Å². The first-order valence-electron chi connectivity index (χ1n) is 6.93. The number of aromatic nitrogens is 3. The third kappa shape index (κ3) is 2.89. The summed E-state index contributed by atoms with van der Waals surface area (Å²) in [4.78, 5) is 11.3. The largest absolute Gasteiger partial charge is 0.339 e. The predicted molar refractivity (Wildman–Crippen MR) is 76.8 cm³/mol. The van der Waals surface area contributed by atoms with E-state index in [1.165, 1.54) is 0 Å². The molecule has 1 N–H and O–H groups in total. The monoisotopic (exact) mass is 293 g/mol. The molecule has 0 radical (unpaired) electrons. The molecule has 1 unspecified atom stereocenters. The Labute approximate surface area is 122 Å². The van der Waals surface area contributed by atoms with Crippen LogP contribution in [-0.4, -0.2) is 46.7 Å². The number of nitrogens with zero attached hydrogens (tertiary/aromatic N) is 4. The summed E-state index contributed by atoms with van der Waals surface area (Å²) in [5.41, 5.74) is 1.01. The van der Waals surface area contributed by atoms with Crippen LogP contribution in [0, 0.1) is 0 Å². The Morgan fingerprint density at radius 1 is 1.50 bits per heavy atom. The van der Waals surface area contributed by atoms with E-state index in [-0.39, 0.29) is 6.04 Å². The van der Waals surface area contributed by atoms with Crippen molar-refractivity contribution < 1.29 is 4.52 Å². The summed E-state index contributed by atoms with van der Waals surface area (Å²) in [7, 11) is 2.09. The van der Waals surface area contributed by atoms with Gasteiger partial charge in [0.1, 0.15) is 0 Å². The molecule has 0 saturated carbocycles. The zero-order chi connectivity index (χ0) is 13.9. The fraction of sp³-hybridized carbons (Fsp3) is 0.615. The van der Waals surface area contributed by atoms with Crippen LogP contribution in [0.25, 0.3) is 0 Å². The van der Waals surface area contributed by atoms with Crippen molar-refractivity contribution >= 4 is 11.3 Å². The number of piperazine rings is 1. The number of thiazole rings is 1. The van der Waals surface area contributed by atoms with Crippen molar-refractivity contribution in [2.24, 2.45) is 0 Å². The molecule has 2 aromatic heterocycles. The van der Waals surface area contributed by atoms with E-state index in [4.69, 9.17) is 4.52 Å². The molecule has 108 valence electrons. The maximum absolute atomic E-state index is 5.36. The van der Waals surface area contributed by atoms with Crippen molar-refractivity contribution in [1.82, 2.24) is 25.3 Å². The molecule has 2 aromatic rings. The van der Waals surface area contributed by atoms with E-state index in [0.29, 0.717) is 12.3 Å². The third-order valence-electron chi connectivity index (χ3n) is 3.53. The first kappa shape index (κ1) is 13.7. The van der Waals surface area contributed by atoms with Crippen molar-refractivity contribution in [3.8, 4) is 0 Å². The van der Waals surface area contributed by atoms with E-state index < -0.39 is 0 Å². The van der Waals surface area contributed by atoms with Gasteiger partial charge in [-0.3, -0.25) is 4.90 Å². The maximum Gasteiger partial charge on any atom is 0.232 e. The van der Waals surface area contributed by atoms with E-state index in [1.54, 1.807) is 11.3 Å². The van der Waals surface area contributed by atoms with Crippen LogP contribution in [0.2, 0.25) is 0 Å². The summed E-state index contributed by atoms with van der Waals surface area (Å²) in [6, 6.07) is 0.197. The van der Waals surface area contributed by atoms with Crippen LogP contribution in [0.5, 0.6) is 0 Å². The quantitative estimate of drug-likeness (QED) is 0.915. The molecule has 20 heavy (non-hydrogen) atoms. The fourth-order valence-corrected chi connectivity index (χ4v) is 3.06. The molecule has 0 aromatic carbocycles. The Morgan fingerprint density at radius 2 is 2.40 bits per heavy atom. The van der Waals surface area contributed by atoms with E-state index in [1.807, 2.05) is 0 Å². The Kier molecular flexibility index (Phi) is 4.09. The average molecular weight is 293 g/mol. The molecule has 3 rings (SSSR count). The number of hydrogen-bond acceptors (Lipinski definition) is 7. The molecule has 6 nitrogen and oxygen atoms in total. The average Bonchev–Trinajstić information content (AvgIpc) is 3.09. The number of hydrogen-bond donors (Lipinski definition) is 1. The highest BCUT2D eigenvalue weighted by atomic mass is 32.1. The smallest absolute Gasteiger partial charge is 0.232 e. The van der Waals surface area contributed by atoms with Crippen molar-refractivity contribution in [3.05, 3.63) is 27.8 Å². The summed E-state index contributed by atoms with van der Waals surface area (Å²) in [5, 5.41) is 10.7. The summed E-state index contributed by atoms with van der Waals surface area (Å²) in [5.74, 6) is 1.41. The van der Waals surface area contributed by atoms with Crippen LogP contribution < -0.4 is 5.32 Å². The minimum atomic E-state index is 0.197. The first-order valence-corrected chi connectivity index (χ1v) is 7.81. The second-order valence-corrected chi connectivity index (χ2v) is 5.95. The van der Waals surface area contributed by atoms with Gasteiger partial charge in [-0.2, -0.15) is 4.98 Å². The number of likely N-dealkylation sites (N-methyl/N-ethyl adjacent to an activating group) is 1. The third-order valence-corrected chi connectivity index (χ3v) is 4.57. The highest BCUT2D eigenvalue weighted by Crippen LogP contribution is 2.19.